The minimum atomic E-state index is -2.19. The molecule has 0 aromatic rings. The third-order valence-electron chi connectivity index (χ3n) is 9.75. The lowest BCUT2D eigenvalue weighted by atomic mass is 9.88. The fourth-order valence-electron chi connectivity index (χ4n) is 6.72. The highest BCUT2D eigenvalue weighted by atomic mass is 16.7. The van der Waals surface area contributed by atoms with Crippen molar-refractivity contribution in [1.29, 1.82) is 0 Å². The van der Waals surface area contributed by atoms with E-state index in [1.54, 1.807) is 26.8 Å². The molecule has 0 aliphatic carbocycles. The smallest absolute Gasteiger partial charge is 0.311 e. The van der Waals surface area contributed by atoms with Gasteiger partial charge in [-0.25, -0.2) is 0 Å². The van der Waals surface area contributed by atoms with E-state index in [1.165, 1.54) is 0 Å². The Morgan fingerprint density at radius 3 is 2.39 bits per heavy atom. The van der Waals surface area contributed by atoms with Crippen LogP contribution >= 0.6 is 0 Å². The van der Waals surface area contributed by atoms with E-state index in [-0.39, 0.29) is 42.8 Å². The van der Waals surface area contributed by atoms with Gasteiger partial charge in [0.25, 0.3) is 0 Å². The molecule has 4 heterocycles. The standard InChI is InChI=1S/C33H52O11/c1-6-7-8-25-26-11-9-21(41-26)15-22-10-12-27(36)33(40,44-22)28(37)14-17(2)13-18(3)23(34)16-24(35)19(4)30-31(43-30)29(38)20(5)32(39)42-25/h13,18,20-22,24-31,35-38,40H,4,6-12,14-16H2,1-3,5H3. The summed E-state index contributed by atoms with van der Waals surface area (Å²) in [5.41, 5.74) is 0.861. The molecule has 3 fully saturated rings. The molecule has 5 N–H and O–H groups in total. The molecule has 0 amide bonds. The summed E-state index contributed by atoms with van der Waals surface area (Å²) in [4.78, 5) is 26.1. The van der Waals surface area contributed by atoms with Crippen molar-refractivity contribution in [2.45, 2.75) is 159 Å². The molecule has 0 aromatic carbocycles. The molecule has 0 aromatic heterocycles. The Morgan fingerprint density at radius 2 is 1.68 bits per heavy atom. The minimum absolute atomic E-state index is 0.0344. The van der Waals surface area contributed by atoms with Gasteiger partial charge in [0.2, 0.25) is 5.79 Å². The first kappa shape index (κ1) is 35.2. The number of carbonyl (C=O) groups excluding carboxylic acids is 2. The van der Waals surface area contributed by atoms with E-state index >= 15 is 0 Å². The van der Waals surface area contributed by atoms with Crippen molar-refractivity contribution in [1.82, 2.24) is 0 Å². The maximum atomic E-state index is 13.2. The van der Waals surface area contributed by atoms with Crippen LogP contribution in [-0.2, 0) is 28.5 Å². The number of allylic oxidation sites excluding steroid dienone is 1. The lowest BCUT2D eigenvalue weighted by Crippen LogP contribution is -2.59. The van der Waals surface area contributed by atoms with Gasteiger partial charge in [-0.2, -0.15) is 0 Å². The van der Waals surface area contributed by atoms with Gasteiger partial charge in [-0.05, 0) is 70.8 Å². The predicted molar refractivity (Wildman–Crippen MR) is 159 cm³/mol. The van der Waals surface area contributed by atoms with Gasteiger partial charge in [0, 0.05) is 12.3 Å². The molecule has 3 saturated heterocycles. The summed E-state index contributed by atoms with van der Waals surface area (Å²) < 4.78 is 23.8. The van der Waals surface area contributed by atoms with Gasteiger partial charge in [-0.1, -0.05) is 38.5 Å². The number of ketones is 1. The van der Waals surface area contributed by atoms with Crippen molar-refractivity contribution in [3.63, 3.8) is 0 Å². The quantitative estimate of drug-likeness (QED) is 0.177. The van der Waals surface area contributed by atoms with Crippen molar-refractivity contribution in [2.24, 2.45) is 11.8 Å². The van der Waals surface area contributed by atoms with Crippen LogP contribution in [0.25, 0.3) is 0 Å². The molecule has 13 atom stereocenters. The van der Waals surface area contributed by atoms with Crippen LogP contribution in [0.5, 0.6) is 0 Å². The number of rotatable bonds is 3. The molecular formula is C33H52O11. The third kappa shape index (κ3) is 8.17. The highest BCUT2D eigenvalue weighted by molar-refractivity contribution is 5.83. The first-order valence-corrected chi connectivity index (χ1v) is 16.3. The van der Waals surface area contributed by atoms with E-state index in [2.05, 4.69) is 6.58 Å². The van der Waals surface area contributed by atoms with Crippen LogP contribution in [0, 0.1) is 11.8 Å². The van der Waals surface area contributed by atoms with Gasteiger partial charge in [0.05, 0.1) is 36.4 Å². The van der Waals surface area contributed by atoms with E-state index in [0.29, 0.717) is 37.7 Å². The Hall–Kier alpha value is -1.70. The SMILES string of the molecule is C=C1C(O)CC(=O)C(C)C=C(C)CC(O)C2(O)OC(CCC2O)CC2CCC(O2)C(CCCC)OC(=O)C(C)C(O)C2OC12. The lowest BCUT2D eigenvalue weighted by molar-refractivity contribution is -0.337. The largest absolute Gasteiger partial charge is 0.459 e. The van der Waals surface area contributed by atoms with Gasteiger partial charge >= 0.3 is 5.97 Å². The second kappa shape index (κ2) is 14.8. The Morgan fingerprint density at radius 1 is 0.977 bits per heavy atom. The maximum Gasteiger partial charge on any atom is 0.311 e. The lowest BCUT2D eigenvalue weighted by Gasteiger charge is -2.44. The Labute approximate surface area is 260 Å². The number of aliphatic hydroxyl groups excluding tert-OH is 4. The van der Waals surface area contributed by atoms with Crippen molar-refractivity contribution in [3.8, 4) is 0 Å². The molecule has 0 saturated carbocycles. The minimum Gasteiger partial charge on any atom is -0.459 e. The molecule has 4 bridgehead atoms. The van der Waals surface area contributed by atoms with Gasteiger partial charge in [0.15, 0.2) is 0 Å². The normalized spacial score (nSPS) is 44.8. The Balaban J connectivity index is 1.55. The van der Waals surface area contributed by atoms with Crippen LogP contribution in [0.15, 0.2) is 23.8 Å². The Kier molecular flexibility index (Phi) is 11.8. The number of Topliss-reactive ketones (excluding diaryl/α,β-unsaturated/α-hetero) is 1. The molecular weight excluding hydrogens is 572 g/mol. The van der Waals surface area contributed by atoms with Crippen molar-refractivity contribution < 1.29 is 54.1 Å². The van der Waals surface area contributed by atoms with Gasteiger partial charge in [-0.15, -0.1) is 0 Å². The number of esters is 1. The highest BCUT2D eigenvalue weighted by Crippen LogP contribution is 2.39. The van der Waals surface area contributed by atoms with Crippen LogP contribution in [0.2, 0.25) is 0 Å². The van der Waals surface area contributed by atoms with Gasteiger partial charge in [-0.3, -0.25) is 9.59 Å². The molecule has 44 heavy (non-hydrogen) atoms. The molecule has 11 heteroatoms. The van der Waals surface area contributed by atoms with Crippen LogP contribution in [0.1, 0.15) is 91.9 Å². The summed E-state index contributed by atoms with van der Waals surface area (Å²) in [6.45, 7) is 10.9. The van der Waals surface area contributed by atoms with Crippen LogP contribution < -0.4 is 0 Å². The number of ether oxygens (including phenoxy) is 4. The summed E-state index contributed by atoms with van der Waals surface area (Å²) in [5, 5.41) is 54.7. The zero-order valence-corrected chi connectivity index (χ0v) is 26.5. The van der Waals surface area contributed by atoms with E-state index in [9.17, 15) is 35.1 Å². The number of epoxide rings is 1. The van der Waals surface area contributed by atoms with Crippen LogP contribution in [0.3, 0.4) is 0 Å². The summed E-state index contributed by atoms with van der Waals surface area (Å²) in [6.07, 6.45) is -1.92. The third-order valence-corrected chi connectivity index (χ3v) is 9.75. The van der Waals surface area contributed by atoms with E-state index < -0.39 is 72.4 Å². The summed E-state index contributed by atoms with van der Waals surface area (Å²) in [7, 11) is 0. The number of aliphatic hydroxyl groups is 5. The van der Waals surface area contributed by atoms with Crippen molar-refractivity contribution in [2.75, 3.05) is 0 Å². The van der Waals surface area contributed by atoms with Gasteiger partial charge < -0.3 is 44.5 Å². The fourth-order valence-corrected chi connectivity index (χ4v) is 6.72. The molecule has 0 spiro atoms. The molecule has 4 aliphatic rings. The Bertz CT molecular complexity index is 1060. The summed E-state index contributed by atoms with van der Waals surface area (Å²) >= 11 is 0. The van der Waals surface area contributed by atoms with Crippen LogP contribution in [0.4, 0.5) is 0 Å². The topological polar surface area (TPSA) is 176 Å². The number of cyclic esters (lactones) is 1. The molecule has 13 unspecified atom stereocenters. The molecule has 4 aliphatic heterocycles. The van der Waals surface area contributed by atoms with Crippen LogP contribution in [-0.4, -0.2) is 104 Å². The average molecular weight is 625 g/mol. The zero-order chi connectivity index (χ0) is 32.3. The average Bonchev–Trinajstić information content (AvgIpc) is 3.65. The van der Waals surface area contributed by atoms with E-state index in [4.69, 9.17) is 18.9 Å². The number of hydrogen-bond donors (Lipinski definition) is 5. The van der Waals surface area contributed by atoms with Crippen molar-refractivity contribution >= 4 is 11.8 Å². The number of carbonyl (C=O) groups is 2. The number of hydrogen-bond acceptors (Lipinski definition) is 11. The fraction of sp³-hybridized carbons (Fsp3) is 0.818. The summed E-state index contributed by atoms with van der Waals surface area (Å²) in [6, 6.07) is 0. The summed E-state index contributed by atoms with van der Waals surface area (Å²) in [5.74, 6) is -4.56. The van der Waals surface area contributed by atoms with Crippen molar-refractivity contribution in [3.05, 3.63) is 23.8 Å². The highest BCUT2D eigenvalue weighted by Gasteiger charge is 2.52. The molecule has 11 nitrogen and oxygen atoms in total. The number of unbranched alkanes of at least 4 members (excludes halogenated alkanes) is 1. The molecule has 250 valence electrons. The second-order valence-corrected chi connectivity index (χ2v) is 13.4. The van der Waals surface area contributed by atoms with E-state index in [1.807, 2.05) is 6.92 Å². The monoisotopic (exact) mass is 624 g/mol. The van der Waals surface area contributed by atoms with E-state index in [0.717, 1.165) is 12.8 Å². The zero-order valence-electron chi connectivity index (χ0n) is 26.5. The first-order chi connectivity index (χ1) is 20.7. The number of fused-ring (bicyclic) bond motifs is 5. The maximum absolute atomic E-state index is 13.2. The molecule has 0 radical (unpaired) electrons. The first-order valence-electron chi connectivity index (χ1n) is 16.3. The second-order valence-electron chi connectivity index (χ2n) is 13.4. The molecule has 4 rings (SSSR count). The van der Waals surface area contributed by atoms with Gasteiger partial charge in [0.1, 0.15) is 36.3 Å². The predicted octanol–water partition coefficient (Wildman–Crippen LogP) is 2.24.